The van der Waals surface area contributed by atoms with Crippen molar-refractivity contribution in [3.63, 3.8) is 0 Å². The van der Waals surface area contributed by atoms with Gasteiger partial charge in [0.1, 0.15) is 0 Å². The summed E-state index contributed by atoms with van der Waals surface area (Å²) in [6.45, 7) is 0. The van der Waals surface area contributed by atoms with Gasteiger partial charge in [-0.05, 0) is 0 Å². The van der Waals surface area contributed by atoms with Gasteiger partial charge in [0.25, 0.3) is 0 Å². The molecular weight excluding hydrogens is 347 g/mol. The summed E-state index contributed by atoms with van der Waals surface area (Å²) >= 11 is 0. The molecule has 0 aliphatic carbocycles. The zero-order chi connectivity index (χ0) is 10.7. The summed E-state index contributed by atoms with van der Waals surface area (Å²) in [5.74, 6) is 0. The van der Waals surface area contributed by atoms with Crippen LogP contribution in [0.1, 0.15) is 0 Å². The summed E-state index contributed by atoms with van der Waals surface area (Å²) in [5.41, 5.74) is 0. The van der Waals surface area contributed by atoms with Crippen molar-refractivity contribution in [2.24, 2.45) is 0 Å². The summed E-state index contributed by atoms with van der Waals surface area (Å²) < 4.78 is 0. The second kappa shape index (κ2) is 29.2. The van der Waals surface area contributed by atoms with Crippen LogP contribution in [-0.4, -0.2) is 15.3 Å². The molecule has 0 aliphatic rings. The zero-order valence-corrected chi connectivity index (χ0v) is 14.3. The van der Waals surface area contributed by atoms with Crippen molar-refractivity contribution in [3.8, 4) is 0 Å². The number of nitrogens with zero attached hydrogens (tertiary/aromatic N) is 3. The molecule has 88 valence electrons. The van der Waals surface area contributed by atoms with Gasteiger partial charge < -0.3 is 58.3 Å². The van der Waals surface area contributed by atoms with E-state index in [2.05, 4.69) is 0 Å². The fraction of sp³-hybridized carbons (Fsp3) is 0. The Labute approximate surface area is 140 Å². The second-order valence-electron chi connectivity index (χ2n) is 0.671. The monoisotopic (exact) mass is 355 g/mol. The van der Waals surface area contributed by atoms with E-state index in [0.29, 0.717) is 0 Å². The van der Waals surface area contributed by atoms with Crippen molar-refractivity contribution in [2.45, 2.75) is 0 Å². The van der Waals surface area contributed by atoms with Gasteiger partial charge in [-0.3, -0.25) is 0 Å². The first-order chi connectivity index (χ1) is 5.20. The van der Waals surface area contributed by atoms with Gasteiger partial charge in [-0.25, -0.2) is 0 Å². The summed E-state index contributed by atoms with van der Waals surface area (Å²) in [6.07, 6.45) is 0. The van der Waals surface area contributed by atoms with E-state index in [9.17, 15) is 0 Å². The second-order valence-corrected chi connectivity index (χ2v) is 0.671. The molecule has 0 saturated carbocycles. The molecule has 0 amide bonds. The van der Waals surface area contributed by atoms with Gasteiger partial charge in [0, 0.05) is 0 Å². The third-order valence-electron chi connectivity index (χ3n) is 0. The molecule has 0 bridgehead atoms. The van der Waals surface area contributed by atoms with E-state index < -0.39 is 15.3 Å². The van der Waals surface area contributed by atoms with Gasteiger partial charge in [0.2, 0.25) is 0 Å². The molecule has 0 unspecified atom stereocenters. The molecule has 0 radical (unpaired) electrons. The molecule has 0 rings (SSSR count). The average Bonchev–Trinajstić information content (AvgIpc) is 1.54. The molecule has 0 aliphatic heterocycles. The van der Waals surface area contributed by atoms with E-state index in [0.717, 1.165) is 0 Å². The third kappa shape index (κ3) is 9920. The molecular formula is H8CsN5O9. The van der Waals surface area contributed by atoms with Crippen molar-refractivity contribution in [1.82, 2.24) is 12.3 Å². The van der Waals surface area contributed by atoms with Crippen LogP contribution in [0.5, 0.6) is 0 Å². The molecule has 14 nitrogen and oxygen atoms in total. The van der Waals surface area contributed by atoms with E-state index in [1.807, 2.05) is 0 Å². The van der Waals surface area contributed by atoms with Crippen LogP contribution in [0.3, 0.4) is 0 Å². The van der Waals surface area contributed by atoms with Crippen molar-refractivity contribution in [3.05, 3.63) is 46.0 Å². The molecule has 15 heteroatoms. The number of hydrogen-bond donors (Lipinski definition) is 2. The Kier molecular flexibility index (Phi) is 71.1. The molecule has 0 aromatic heterocycles. The first-order valence-electron chi connectivity index (χ1n) is 1.64. The summed E-state index contributed by atoms with van der Waals surface area (Å²) in [5, 5.41) is 44.2. The fourth-order valence-electron chi connectivity index (χ4n) is 0. The largest absolute Gasteiger partial charge is 1.00 e. The van der Waals surface area contributed by atoms with E-state index >= 15 is 0 Å². The summed E-state index contributed by atoms with van der Waals surface area (Å²) in [4.78, 5) is 24.8. The molecule has 0 aromatic rings. The average molecular weight is 355 g/mol. The van der Waals surface area contributed by atoms with Gasteiger partial charge in [-0.1, -0.05) is 0 Å². The Morgan fingerprint density at radius 2 is 0.533 bits per heavy atom. The minimum Gasteiger partial charge on any atom is -0.369 e. The van der Waals surface area contributed by atoms with Gasteiger partial charge in [-0.15, -0.1) is 0 Å². The topological polar surface area (TPSA) is 272 Å². The van der Waals surface area contributed by atoms with E-state index in [4.69, 9.17) is 46.0 Å². The van der Waals surface area contributed by atoms with Crippen LogP contribution < -0.4 is 81.2 Å². The van der Waals surface area contributed by atoms with Crippen molar-refractivity contribution >= 4 is 0 Å². The van der Waals surface area contributed by atoms with E-state index in [1.165, 1.54) is 0 Å². The predicted molar refractivity (Wildman–Crippen MR) is 43.1 cm³/mol. The van der Waals surface area contributed by atoms with Crippen LogP contribution in [0.4, 0.5) is 0 Å². The minimum atomic E-state index is -1.75. The smallest absolute Gasteiger partial charge is 0.369 e. The normalized spacial score (nSPS) is 4.80. The number of rotatable bonds is 0. The molecule has 0 heterocycles. The Balaban J connectivity index is -0.0000000184. The van der Waals surface area contributed by atoms with Crippen molar-refractivity contribution in [1.29, 1.82) is 0 Å². The molecule has 0 aromatic carbocycles. The molecule has 8 N–H and O–H groups in total. The molecule has 0 saturated heterocycles. The van der Waals surface area contributed by atoms with Gasteiger partial charge >= 0.3 is 68.9 Å². The number of quaternary nitrogens is 2. The van der Waals surface area contributed by atoms with E-state index in [1.54, 1.807) is 0 Å². The predicted octanol–water partition coefficient (Wildman–Crippen LogP) is -2.96. The Bertz CT molecular complexity index is 116. The van der Waals surface area contributed by atoms with Gasteiger partial charge in [-0.2, -0.15) is 0 Å². The van der Waals surface area contributed by atoms with Crippen LogP contribution in [0.15, 0.2) is 0 Å². The van der Waals surface area contributed by atoms with Crippen LogP contribution in [0, 0.1) is 46.0 Å². The van der Waals surface area contributed by atoms with Crippen LogP contribution in [-0.2, 0) is 0 Å². The van der Waals surface area contributed by atoms with Crippen LogP contribution in [0.2, 0.25) is 0 Å². The quantitative estimate of drug-likeness (QED) is 0.331. The Hall–Kier alpha value is -0.428. The molecule has 15 heavy (non-hydrogen) atoms. The summed E-state index contributed by atoms with van der Waals surface area (Å²) in [6, 6.07) is 0. The van der Waals surface area contributed by atoms with Crippen molar-refractivity contribution in [2.75, 3.05) is 0 Å². The maximum Gasteiger partial charge on any atom is 1.00 e. The first-order valence-corrected chi connectivity index (χ1v) is 1.64. The zero-order valence-electron chi connectivity index (χ0n) is 8.02. The van der Waals surface area contributed by atoms with Crippen LogP contribution >= 0.6 is 0 Å². The van der Waals surface area contributed by atoms with Crippen molar-refractivity contribution < 1.29 is 84.2 Å². The summed E-state index contributed by atoms with van der Waals surface area (Å²) in [7, 11) is 0. The van der Waals surface area contributed by atoms with Gasteiger partial charge in [0.05, 0.1) is 15.3 Å². The fourth-order valence-corrected chi connectivity index (χ4v) is 0. The Morgan fingerprint density at radius 3 is 0.533 bits per heavy atom. The Morgan fingerprint density at radius 1 is 0.533 bits per heavy atom. The molecule has 0 spiro atoms. The van der Waals surface area contributed by atoms with Crippen LogP contribution in [0.25, 0.3) is 0 Å². The molecule has 0 atom stereocenters. The first kappa shape index (κ1) is 36.5. The van der Waals surface area contributed by atoms with Gasteiger partial charge in [0.15, 0.2) is 0 Å². The maximum absolute atomic E-state index is 8.25. The molecule has 0 fully saturated rings. The third-order valence-corrected chi connectivity index (χ3v) is 0. The standard InChI is InChI=1S/Cs.3NO3.2H3N/c;3*2-1(3)4;;/h;;;;2*1H3/q+1;3*-1;;/p+2. The van der Waals surface area contributed by atoms with E-state index in [-0.39, 0.29) is 81.2 Å². The number of hydrogen-bond acceptors (Lipinski definition) is 9. The SMILES string of the molecule is O=[N+]([O-])[O-].O=[N+]([O-])[O-].O=[N+]([O-])[O-].[Cs+].[NH4+].[NH4+]. The minimum absolute atomic E-state index is 0. The maximum atomic E-state index is 8.25.